The van der Waals surface area contributed by atoms with E-state index in [0.29, 0.717) is 92.4 Å². The molecule has 0 unspecified atom stereocenters. The standard InChI is InChI=1S/C32H36F2N8O3/c1-3-5-21-16-24(22-6-4-9-41(20-22)28(43)7-10-42-11-8-36-38-42)29(34)30-25(21)18-26(37-30)32(44)40-14-12-39(13-15-40)31-27(45-2)17-23(33)19-35-31/h6,8,11,16-19,37H,3-5,7,9-10,12-15,20H2,1-2H3. The second kappa shape index (κ2) is 13.0. The lowest BCUT2D eigenvalue weighted by Crippen LogP contribution is -2.49. The lowest BCUT2D eigenvalue weighted by atomic mass is 9.94. The largest absolute Gasteiger partial charge is 0.493 e. The normalized spacial score (nSPS) is 15.5. The van der Waals surface area contributed by atoms with E-state index in [4.69, 9.17) is 4.74 Å². The molecule has 236 valence electrons. The number of ether oxygens (including phenoxy) is 1. The maximum Gasteiger partial charge on any atom is 0.270 e. The van der Waals surface area contributed by atoms with E-state index >= 15 is 4.39 Å². The van der Waals surface area contributed by atoms with E-state index in [1.54, 1.807) is 32.9 Å². The molecular formula is C32H36F2N8O3. The lowest BCUT2D eigenvalue weighted by molar-refractivity contribution is -0.131. The van der Waals surface area contributed by atoms with E-state index in [9.17, 15) is 14.0 Å². The molecule has 0 bridgehead atoms. The molecule has 1 aromatic carbocycles. The van der Waals surface area contributed by atoms with Gasteiger partial charge in [-0.1, -0.05) is 24.6 Å². The number of nitrogens with zero attached hydrogens (tertiary/aromatic N) is 7. The Kier molecular flexibility index (Phi) is 8.76. The van der Waals surface area contributed by atoms with Crippen molar-refractivity contribution in [2.45, 2.75) is 39.2 Å². The number of rotatable bonds is 9. The predicted molar refractivity (Wildman–Crippen MR) is 165 cm³/mol. The SMILES string of the molecule is CCCc1cc(C2=CCCN(C(=O)CCn3ccnn3)C2)c(F)c2[nH]c(C(=O)N3CCN(c4ncc(F)cc4OC)CC3)cc12. The minimum absolute atomic E-state index is 0.0205. The van der Waals surface area contributed by atoms with Crippen molar-refractivity contribution in [3.05, 3.63) is 71.3 Å². The molecule has 13 heteroatoms. The summed E-state index contributed by atoms with van der Waals surface area (Å²) in [4.78, 5) is 39.3. The third-order valence-corrected chi connectivity index (χ3v) is 8.45. The van der Waals surface area contributed by atoms with E-state index in [0.717, 1.165) is 23.8 Å². The summed E-state index contributed by atoms with van der Waals surface area (Å²) in [5, 5.41) is 8.38. The van der Waals surface area contributed by atoms with Gasteiger partial charge in [-0.05, 0) is 36.1 Å². The summed E-state index contributed by atoms with van der Waals surface area (Å²) in [5.74, 6) is -0.269. The average Bonchev–Trinajstić information content (AvgIpc) is 3.76. The molecule has 1 fully saturated rings. The fourth-order valence-corrected chi connectivity index (χ4v) is 6.12. The van der Waals surface area contributed by atoms with Crippen molar-refractivity contribution in [3.63, 3.8) is 0 Å². The Morgan fingerprint density at radius 2 is 1.89 bits per heavy atom. The van der Waals surface area contributed by atoms with Gasteiger partial charge < -0.3 is 24.4 Å². The second-order valence-corrected chi connectivity index (χ2v) is 11.3. The molecule has 0 radical (unpaired) electrons. The van der Waals surface area contributed by atoms with Gasteiger partial charge in [0.25, 0.3) is 5.91 Å². The molecule has 45 heavy (non-hydrogen) atoms. The summed E-state index contributed by atoms with van der Waals surface area (Å²) >= 11 is 0. The van der Waals surface area contributed by atoms with Crippen LogP contribution in [0.15, 0.2) is 42.9 Å². The van der Waals surface area contributed by atoms with Crippen LogP contribution in [0.4, 0.5) is 14.6 Å². The Morgan fingerprint density at radius 1 is 1.07 bits per heavy atom. The summed E-state index contributed by atoms with van der Waals surface area (Å²) in [6.45, 7) is 5.19. The molecule has 0 atom stereocenters. The first-order valence-electron chi connectivity index (χ1n) is 15.2. The summed E-state index contributed by atoms with van der Waals surface area (Å²) in [5.41, 5.74) is 2.79. The average molecular weight is 619 g/mol. The van der Waals surface area contributed by atoms with Gasteiger partial charge in [0.05, 0.1) is 31.6 Å². The molecule has 2 amide bonds. The topological polar surface area (TPSA) is 112 Å². The van der Waals surface area contributed by atoms with Crippen LogP contribution < -0.4 is 9.64 Å². The highest BCUT2D eigenvalue weighted by molar-refractivity contribution is 6.00. The van der Waals surface area contributed by atoms with Gasteiger partial charge in [0.15, 0.2) is 17.4 Å². The number of fused-ring (bicyclic) bond motifs is 1. The molecule has 1 N–H and O–H groups in total. The Hall–Kier alpha value is -4.81. The summed E-state index contributed by atoms with van der Waals surface area (Å²) < 4.78 is 36.8. The number of nitrogens with one attached hydrogen (secondary N) is 1. The number of aromatic nitrogens is 5. The van der Waals surface area contributed by atoms with E-state index in [2.05, 4.69) is 27.2 Å². The highest BCUT2D eigenvalue weighted by atomic mass is 19.1. The number of piperazine rings is 1. The van der Waals surface area contributed by atoms with E-state index in [1.807, 2.05) is 17.0 Å². The zero-order valence-electron chi connectivity index (χ0n) is 25.4. The van der Waals surface area contributed by atoms with E-state index < -0.39 is 11.6 Å². The van der Waals surface area contributed by atoms with Gasteiger partial charge in [-0.25, -0.2) is 13.8 Å². The van der Waals surface area contributed by atoms with Gasteiger partial charge in [-0.15, -0.1) is 5.10 Å². The van der Waals surface area contributed by atoms with Crippen molar-refractivity contribution in [2.75, 3.05) is 51.3 Å². The van der Waals surface area contributed by atoms with Gasteiger partial charge in [-0.3, -0.25) is 14.3 Å². The number of carbonyl (C=O) groups excluding carboxylic acids is 2. The lowest BCUT2D eigenvalue weighted by Gasteiger charge is -2.35. The smallest absolute Gasteiger partial charge is 0.270 e. The number of benzene rings is 1. The zero-order chi connectivity index (χ0) is 31.5. The molecule has 11 nitrogen and oxygen atoms in total. The minimum Gasteiger partial charge on any atom is -0.493 e. The Balaban J connectivity index is 1.20. The Morgan fingerprint density at radius 3 is 2.62 bits per heavy atom. The summed E-state index contributed by atoms with van der Waals surface area (Å²) in [6.07, 6.45) is 8.92. The number of methoxy groups -OCH3 is 1. The molecular weight excluding hydrogens is 582 g/mol. The van der Waals surface area contributed by atoms with Crippen LogP contribution >= 0.6 is 0 Å². The van der Waals surface area contributed by atoms with Gasteiger partial charge >= 0.3 is 0 Å². The van der Waals surface area contributed by atoms with Crippen LogP contribution in [0.3, 0.4) is 0 Å². The zero-order valence-corrected chi connectivity index (χ0v) is 25.4. The number of hydrogen-bond donors (Lipinski definition) is 1. The number of carbonyl (C=O) groups is 2. The highest BCUT2D eigenvalue weighted by Gasteiger charge is 2.28. The summed E-state index contributed by atoms with van der Waals surface area (Å²) in [6, 6.07) is 4.92. The van der Waals surface area contributed by atoms with Gasteiger partial charge in [-0.2, -0.15) is 0 Å². The number of hydrogen-bond acceptors (Lipinski definition) is 7. The number of aromatic amines is 1. The van der Waals surface area contributed by atoms with Gasteiger partial charge in [0.2, 0.25) is 5.91 Å². The third kappa shape index (κ3) is 6.24. The van der Waals surface area contributed by atoms with Crippen molar-refractivity contribution >= 4 is 34.1 Å². The monoisotopic (exact) mass is 618 g/mol. The Bertz CT molecular complexity index is 1730. The van der Waals surface area contributed by atoms with Crippen LogP contribution in [-0.2, 0) is 17.8 Å². The molecule has 3 aromatic heterocycles. The predicted octanol–water partition coefficient (Wildman–Crippen LogP) is 4.06. The molecule has 2 aliphatic rings. The quantitative estimate of drug-likeness (QED) is 0.301. The van der Waals surface area contributed by atoms with Crippen LogP contribution in [0.1, 0.15) is 47.8 Å². The van der Waals surface area contributed by atoms with E-state index in [-0.39, 0.29) is 18.2 Å². The first-order chi connectivity index (χ1) is 21.9. The maximum absolute atomic E-state index is 16.2. The second-order valence-electron chi connectivity index (χ2n) is 11.3. The molecule has 2 aliphatic heterocycles. The number of pyridine rings is 1. The molecule has 5 heterocycles. The molecule has 0 aliphatic carbocycles. The third-order valence-electron chi connectivity index (χ3n) is 8.45. The van der Waals surface area contributed by atoms with Gasteiger partial charge in [0, 0.05) is 68.9 Å². The molecule has 0 saturated carbocycles. The number of halogens is 2. The summed E-state index contributed by atoms with van der Waals surface area (Å²) in [7, 11) is 1.47. The van der Waals surface area contributed by atoms with Crippen molar-refractivity contribution in [1.82, 2.24) is 34.8 Å². The van der Waals surface area contributed by atoms with Crippen LogP contribution in [0.25, 0.3) is 16.5 Å². The van der Waals surface area contributed by atoms with Crippen molar-refractivity contribution < 1.29 is 23.1 Å². The number of anilines is 1. The number of aryl methyl sites for hydroxylation is 2. The first kappa shape index (κ1) is 30.2. The Labute approximate surface area is 259 Å². The van der Waals surface area contributed by atoms with Crippen LogP contribution in [0.5, 0.6) is 5.75 Å². The van der Waals surface area contributed by atoms with E-state index in [1.165, 1.54) is 13.2 Å². The molecule has 1 saturated heterocycles. The fourth-order valence-electron chi connectivity index (χ4n) is 6.12. The van der Waals surface area contributed by atoms with Crippen molar-refractivity contribution in [1.29, 1.82) is 0 Å². The highest BCUT2D eigenvalue weighted by Crippen LogP contribution is 2.33. The minimum atomic E-state index is -0.481. The van der Waals surface area contributed by atoms with Crippen LogP contribution in [-0.4, -0.2) is 93.0 Å². The number of H-pyrrole nitrogens is 1. The van der Waals surface area contributed by atoms with Crippen molar-refractivity contribution in [3.8, 4) is 5.75 Å². The van der Waals surface area contributed by atoms with Crippen LogP contribution in [0, 0.1) is 11.6 Å². The number of amides is 2. The molecule has 0 spiro atoms. The molecule has 4 aromatic rings. The van der Waals surface area contributed by atoms with Gasteiger partial charge in [0.1, 0.15) is 11.5 Å². The van der Waals surface area contributed by atoms with Crippen molar-refractivity contribution in [2.24, 2.45) is 0 Å². The van der Waals surface area contributed by atoms with Crippen LogP contribution in [0.2, 0.25) is 0 Å². The fraction of sp³-hybridized carbons (Fsp3) is 0.406. The first-order valence-corrected chi connectivity index (χ1v) is 15.2. The molecule has 6 rings (SSSR count). The maximum atomic E-state index is 16.2.